The number of rotatable bonds is 5. The molecule has 1 fully saturated rings. The molecule has 1 atom stereocenters. The summed E-state index contributed by atoms with van der Waals surface area (Å²) in [6.07, 6.45) is 0.133. The van der Waals surface area contributed by atoms with E-state index in [0.717, 1.165) is 11.3 Å². The van der Waals surface area contributed by atoms with Gasteiger partial charge in [-0.25, -0.2) is 35.1 Å². The van der Waals surface area contributed by atoms with Crippen molar-refractivity contribution in [2.75, 3.05) is 0 Å². The maximum atomic E-state index is 13.9. The molecule has 2 N–H and O–H groups in total. The average Bonchev–Trinajstić information content (AvgIpc) is 3.29. The predicted molar refractivity (Wildman–Crippen MR) is 101 cm³/mol. The molecule has 0 aliphatic carbocycles. The van der Waals surface area contributed by atoms with Crippen molar-refractivity contribution in [3.63, 3.8) is 0 Å². The number of piperidine rings is 1. The summed E-state index contributed by atoms with van der Waals surface area (Å²) in [6.45, 7) is -0.707. The molecule has 0 spiro atoms. The SMILES string of the molecule is O=C1CCC(N2Cc3c(csc3CNS(=O)(=O)c3c(F)c(F)c(F)c(F)c3F)C2=O)C(=O)N1. The van der Waals surface area contributed by atoms with Crippen LogP contribution in [0.4, 0.5) is 22.0 Å². The lowest BCUT2D eigenvalue weighted by Gasteiger charge is -2.29. The zero-order valence-corrected chi connectivity index (χ0v) is 17.8. The highest BCUT2D eigenvalue weighted by atomic mass is 32.2. The lowest BCUT2D eigenvalue weighted by atomic mass is 10.0. The van der Waals surface area contributed by atoms with Gasteiger partial charge in [0.2, 0.25) is 27.7 Å². The number of benzene rings is 1. The molecule has 3 heterocycles. The molecule has 176 valence electrons. The van der Waals surface area contributed by atoms with Crippen LogP contribution in [0.25, 0.3) is 0 Å². The molecule has 2 aromatic rings. The van der Waals surface area contributed by atoms with E-state index in [4.69, 9.17) is 0 Å². The van der Waals surface area contributed by atoms with Gasteiger partial charge in [-0.15, -0.1) is 11.3 Å². The Morgan fingerprint density at radius 2 is 1.64 bits per heavy atom. The molecule has 2 aliphatic rings. The molecule has 15 heteroatoms. The summed E-state index contributed by atoms with van der Waals surface area (Å²) in [5, 5.41) is 3.52. The van der Waals surface area contributed by atoms with Crippen LogP contribution in [0, 0.1) is 29.1 Å². The maximum Gasteiger partial charge on any atom is 0.256 e. The van der Waals surface area contributed by atoms with Crippen molar-refractivity contribution in [3.8, 4) is 0 Å². The van der Waals surface area contributed by atoms with Gasteiger partial charge in [-0.05, 0) is 12.0 Å². The van der Waals surface area contributed by atoms with E-state index in [1.54, 1.807) is 4.72 Å². The van der Waals surface area contributed by atoms with Crippen LogP contribution in [0.3, 0.4) is 0 Å². The van der Waals surface area contributed by atoms with E-state index < -0.39 is 74.3 Å². The van der Waals surface area contributed by atoms with Crippen LogP contribution in [0.15, 0.2) is 10.3 Å². The number of amides is 3. The number of hydrogen-bond donors (Lipinski definition) is 2. The number of nitrogens with one attached hydrogen (secondary N) is 2. The number of sulfonamides is 1. The largest absolute Gasteiger partial charge is 0.322 e. The number of nitrogens with zero attached hydrogens (tertiary/aromatic N) is 1. The third kappa shape index (κ3) is 3.79. The van der Waals surface area contributed by atoms with Gasteiger partial charge in [0.25, 0.3) is 5.91 Å². The zero-order valence-electron chi connectivity index (χ0n) is 16.2. The van der Waals surface area contributed by atoms with E-state index in [9.17, 15) is 44.8 Å². The van der Waals surface area contributed by atoms with Gasteiger partial charge in [0.15, 0.2) is 28.2 Å². The summed E-state index contributed by atoms with van der Waals surface area (Å²) < 4.78 is 94.2. The normalized spacial score (nSPS) is 18.6. The molecule has 1 aromatic carbocycles. The number of thiophene rings is 1. The topological polar surface area (TPSA) is 113 Å². The highest BCUT2D eigenvalue weighted by Crippen LogP contribution is 2.34. The molecule has 2 aliphatic heterocycles. The highest BCUT2D eigenvalue weighted by Gasteiger charge is 2.41. The van der Waals surface area contributed by atoms with Crippen molar-refractivity contribution < 1.29 is 44.8 Å². The molecule has 3 amide bonds. The smallest absolute Gasteiger partial charge is 0.256 e. The summed E-state index contributed by atoms with van der Waals surface area (Å²) in [7, 11) is -5.18. The highest BCUT2D eigenvalue weighted by molar-refractivity contribution is 7.89. The van der Waals surface area contributed by atoms with Crippen molar-refractivity contribution in [1.29, 1.82) is 0 Å². The number of carbonyl (C=O) groups is 3. The van der Waals surface area contributed by atoms with Crippen molar-refractivity contribution in [2.45, 2.75) is 36.9 Å². The Bertz CT molecular complexity index is 1300. The number of fused-ring (bicyclic) bond motifs is 1. The molecule has 0 saturated carbocycles. The Balaban J connectivity index is 1.56. The first-order valence-corrected chi connectivity index (χ1v) is 11.5. The van der Waals surface area contributed by atoms with Crippen molar-refractivity contribution in [2.24, 2.45) is 0 Å². The second-order valence-corrected chi connectivity index (χ2v) is 9.84. The third-order valence-electron chi connectivity index (χ3n) is 5.25. The summed E-state index contributed by atoms with van der Waals surface area (Å²) in [5.41, 5.74) is 0.518. The number of hydrogen-bond acceptors (Lipinski definition) is 6. The Morgan fingerprint density at radius 1 is 1.03 bits per heavy atom. The number of carbonyl (C=O) groups excluding carboxylic acids is 3. The van der Waals surface area contributed by atoms with Crippen LogP contribution in [-0.2, 0) is 32.7 Å². The van der Waals surface area contributed by atoms with Gasteiger partial charge in [-0.1, -0.05) is 0 Å². The van der Waals surface area contributed by atoms with Crippen molar-refractivity contribution in [1.82, 2.24) is 14.9 Å². The fourth-order valence-corrected chi connectivity index (χ4v) is 5.80. The van der Waals surface area contributed by atoms with E-state index in [1.165, 1.54) is 10.3 Å². The predicted octanol–water partition coefficient (Wildman–Crippen LogP) is 1.68. The first-order chi connectivity index (χ1) is 15.4. The fourth-order valence-electron chi connectivity index (χ4n) is 3.61. The lowest BCUT2D eigenvalue weighted by molar-refractivity contribution is -0.136. The minimum Gasteiger partial charge on any atom is -0.322 e. The van der Waals surface area contributed by atoms with E-state index in [-0.39, 0.29) is 29.8 Å². The zero-order chi connectivity index (χ0) is 24.2. The molecule has 0 radical (unpaired) electrons. The molecule has 33 heavy (non-hydrogen) atoms. The van der Waals surface area contributed by atoms with E-state index >= 15 is 0 Å². The monoisotopic (exact) mass is 509 g/mol. The van der Waals surface area contributed by atoms with Gasteiger partial charge in [-0.2, -0.15) is 0 Å². The van der Waals surface area contributed by atoms with Gasteiger partial charge in [0, 0.05) is 29.8 Å². The van der Waals surface area contributed by atoms with E-state index in [1.807, 2.05) is 0 Å². The van der Waals surface area contributed by atoms with Crippen LogP contribution in [0.5, 0.6) is 0 Å². The minimum atomic E-state index is -5.18. The van der Waals surface area contributed by atoms with Crippen molar-refractivity contribution in [3.05, 3.63) is 50.5 Å². The minimum absolute atomic E-state index is 0.0294. The van der Waals surface area contributed by atoms with Gasteiger partial charge in [-0.3, -0.25) is 19.7 Å². The standard InChI is InChI=1S/C18H12F5N3O5S2/c19-11-12(20)14(22)16(15(23)13(11)21)33(30,31)24-3-9-6-4-26(18(29)7(6)5-32-9)8-1-2-10(27)25-17(8)28/h5,8,24H,1-4H2,(H,25,27,28). The maximum absolute atomic E-state index is 13.9. The third-order valence-corrected chi connectivity index (χ3v) is 7.70. The van der Waals surface area contributed by atoms with Crippen LogP contribution in [0.1, 0.15) is 33.6 Å². The first kappa shape index (κ1) is 23.3. The van der Waals surface area contributed by atoms with Crippen LogP contribution in [-0.4, -0.2) is 37.1 Å². The molecule has 1 unspecified atom stereocenters. The van der Waals surface area contributed by atoms with Gasteiger partial charge in [0.05, 0.1) is 5.56 Å². The summed E-state index contributed by atoms with van der Waals surface area (Å²) in [5.74, 6) is -14.0. The molecule has 4 rings (SSSR count). The van der Waals surface area contributed by atoms with E-state index in [2.05, 4.69) is 5.32 Å². The summed E-state index contributed by atoms with van der Waals surface area (Å²) >= 11 is 0.934. The molecule has 8 nitrogen and oxygen atoms in total. The molecule has 1 aromatic heterocycles. The quantitative estimate of drug-likeness (QED) is 0.276. The van der Waals surface area contributed by atoms with E-state index in [0.29, 0.717) is 5.56 Å². The molecular formula is C18H12F5N3O5S2. The van der Waals surface area contributed by atoms with Crippen molar-refractivity contribution >= 4 is 39.1 Å². The van der Waals surface area contributed by atoms with Gasteiger partial charge < -0.3 is 4.90 Å². The second kappa shape index (κ2) is 8.14. The van der Waals surface area contributed by atoms with Crippen LogP contribution >= 0.6 is 11.3 Å². The van der Waals surface area contributed by atoms with Crippen LogP contribution in [0.2, 0.25) is 0 Å². The first-order valence-electron chi connectivity index (χ1n) is 9.19. The number of halogens is 5. The Hall–Kier alpha value is -2.91. The second-order valence-electron chi connectivity index (χ2n) is 7.17. The Kier molecular flexibility index (Phi) is 5.74. The average molecular weight is 509 g/mol. The lowest BCUT2D eigenvalue weighted by Crippen LogP contribution is -2.52. The fraction of sp³-hybridized carbons (Fsp3) is 0.278. The van der Waals surface area contributed by atoms with Gasteiger partial charge >= 0.3 is 0 Å². The molecule has 1 saturated heterocycles. The van der Waals surface area contributed by atoms with Crippen LogP contribution < -0.4 is 10.0 Å². The summed E-state index contributed by atoms with van der Waals surface area (Å²) in [6, 6.07) is -0.912. The molecule has 0 bridgehead atoms. The van der Waals surface area contributed by atoms with Gasteiger partial charge in [0.1, 0.15) is 6.04 Å². The summed E-state index contributed by atoms with van der Waals surface area (Å²) in [4.78, 5) is 35.5. The number of imide groups is 1. The Morgan fingerprint density at radius 3 is 2.24 bits per heavy atom. The Labute approximate surface area is 186 Å². The molecular weight excluding hydrogens is 497 g/mol.